The van der Waals surface area contributed by atoms with Crippen molar-refractivity contribution in [3.63, 3.8) is 0 Å². The van der Waals surface area contributed by atoms with Crippen LogP contribution in [-0.4, -0.2) is 14.2 Å². The Bertz CT molecular complexity index is 258. The summed E-state index contributed by atoms with van der Waals surface area (Å²) in [7, 11) is -2.86. The quantitative estimate of drug-likeness (QED) is 0.448. The van der Waals surface area contributed by atoms with Crippen molar-refractivity contribution in [1.29, 1.82) is 0 Å². The Morgan fingerprint density at radius 3 is 1.61 bits per heavy atom. The van der Waals surface area contributed by atoms with Crippen LogP contribution in [0, 0.1) is 5.75 Å². The zero-order chi connectivity index (χ0) is 13.7. The third-order valence-electron chi connectivity index (χ3n) is 3.20. The molecule has 0 aromatic rings. The van der Waals surface area contributed by atoms with Gasteiger partial charge in [0.15, 0.2) is 9.84 Å². The summed E-state index contributed by atoms with van der Waals surface area (Å²) in [6, 6.07) is 0. The van der Waals surface area contributed by atoms with Gasteiger partial charge < -0.3 is 0 Å². The highest BCUT2D eigenvalue weighted by Gasteiger charge is 2.08. The molecule has 0 fully saturated rings. The van der Waals surface area contributed by atoms with Gasteiger partial charge >= 0.3 is 0 Å². The number of unbranched alkanes of at least 4 members (excludes halogenated alkanes) is 9. The van der Waals surface area contributed by atoms with Crippen LogP contribution in [0.2, 0.25) is 0 Å². The van der Waals surface area contributed by atoms with Crippen molar-refractivity contribution >= 4 is 9.84 Å². The summed E-state index contributed by atoms with van der Waals surface area (Å²) in [5, 5.41) is 0. The molecule has 0 aliphatic rings. The molecule has 0 heterocycles. The highest BCUT2D eigenvalue weighted by molar-refractivity contribution is 7.93. The summed E-state index contributed by atoms with van der Waals surface area (Å²) >= 11 is 0. The fourth-order valence-electron chi connectivity index (χ4n) is 2.13. The van der Waals surface area contributed by atoms with Gasteiger partial charge in [0, 0.05) is 0 Å². The van der Waals surface area contributed by atoms with Gasteiger partial charge in [0.1, 0.15) is 0 Å². The van der Waals surface area contributed by atoms with E-state index in [2.05, 4.69) is 6.92 Å². The molecule has 0 aliphatic carbocycles. The second-order valence-electron chi connectivity index (χ2n) is 5.12. The van der Waals surface area contributed by atoms with Crippen LogP contribution < -0.4 is 0 Å². The van der Waals surface area contributed by atoms with Gasteiger partial charge in [-0.1, -0.05) is 71.6 Å². The Morgan fingerprint density at radius 1 is 0.722 bits per heavy atom. The lowest BCUT2D eigenvalue weighted by Gasteiger charge is -2.03. The SMILES string of the molecule is CC[CH]S(=O)(=O)CCCCCCCCCCCC. The molecule has 3 heteroatoms. The van der Waals surface area contributed by atoms with Crippen molar-refractivity contribution in [1.82, 2.24) is 0 Å². The summed E-state index contributed by atoms with van der Waals surface area (Å²) in [6.45, 7) is 4.11. The summed E-state index contributed by atoms with van der Waals surface area (Å²) in [5.41, 5.74) is 0. The maximum absolute atomic E-state index is 11.4. The first-order chi connectivity index (χ1) is 8.62. The van der Waals surface area contributed by atoms with E-state index >= 15 is 0 Å². The van der Waals surface area contributed by atoms with Crippen molar-refractivity contribution < 1.29 is 8.42 Å². The summed E-state index contributed by atoms with van der Waals surface area (Å²) < 4.78 is 22.8. The number of rotatable bonds is 13. The minimum absolute atomic E-state index is 0.345. The molecule has 0 rings (SSSR count). The minimum atomic E-state index is -2.86. The first-order valence-corrected chi connectivity index (χ1v) is 9.40. The van der Waals surface area contributed by atoms with Crippen molar-refractivity contribution in [2.75, 3.05) is 5.75 Å². The Kier molecular flexibility index (Phi) is 12.0. The maximum Gasteiger partial charge on any atom is 0.154 e. The van der Waals surface area contributed by atoms with E-state index < -0.39 is 9.84 Å². The first kappa shape index (κ1) is 17.9. The summed E-state index contributed by atoms with van der Waals surface area (Å²) in [6.07, 6.45) is 13.1. The number of hydrogen-bond donors (Lipinski definition) is 0. The lowest BCUT2D eigenvalue weighted by molar-refractivity contribution is 0.558. The molecule has 0 amide bonds. The molecule has 0 aromatic heterocycles. The zero-order valence-electron chi connectivity index (χ0n) is 12.3. The normalized spacial score (nSPS) is 11.9. The zero-order valence-corrected chi connectivity index (χ0v) is 13.1. The molecule has 0 bridgehead atoms. The van der Waals surface area contributed by atoms with Gasteiger partial charge in [-0.15, -0.1) is 0 Å². The van der Waals surface area contributed by atoms with E-state index in [1.54, 1.807) is 0 Å². The summed E-state index contributed by atoms with van der Waals surface area (Å²) in [4.78, 5) is 0. The van der Waals surface area contributed by atoms with E-state index in [0.29, 0.717) is 12.2 Å². The van der Waals surface area contributed by atoms with Gasteiger partial charge in [-0.25, -0.2) is 8.42 Å². The Hall–Kier alpha value is -0.0500. The van der Waals surface area contributed by atoms with Crippen LogP contribution >= 0.6 is 0 Å². The smallest absolute Gasteiger partial charge is 0.154 e. The maximum atomic E-state index is 11.4. The Balaban J connectivity index is 3.21. The molecule has 0 atom stereocenters. The van der Waals surface area contributed by atoms with Crippen LogP contribution in [0.4, 0.5) is 0 Å². The van der Waals surface area contributed by atoms with Crippen molar-refractivity contribution in [3.05, 3.63) is 5.75 Å². The van der Waals surface area contributed by atoms with Gasteiger partial charge in [-0.2, -0.15) is 0 Å². The second kappa shape index (κ2) is 12.0. The summed E-state index contributed by atoms with van der Waals surface area (Å²) in [5.74, 6) is 1.79. The molecule has 0 unspecified atom stereocenters. The van der Waals surface area contributed by atoms with Crippen LogP contribution in [-0.2, 0) is 9.84 Å². The highest BCUT2D eigenvalue weighted by atomic mass is 32.2. The van der Waals surface area contributed by atoms with Crippen LogP contribution in [0.5, 0.6) is 0 Å². The fraction of sp³-hybridized carbons (Fsp3) is 0.933. The van der Waals surface area contributed by atoms with Crippen LogP contribution in [0.15, 0.2) is 0 Å². The molecule has 2 nitrogen and oxygen atoms in total. The molecule has 109 valence electrons. The molecule has 0 saturated carbocycles. The number of hydrogen-bond acceptors (Lipinski definition) is 2. The molecule has 1 radical (unpaired) electrons. The first-order valence-electron chi connectivity index (χ1n) is 7.68. The predicted octanol–water partition coefficient (Wildman–Crippen LogP) is 4.89. The second-order valence-corrected chi connectivity index (χ2v) is 7.19. The van der Waals surface area contributed by atoms with Crippen LogP contribution in [0.3, 0.4) is 0 Å². The standard InChI is InChI=1S/C15H31O2S/c1-3-5-6-7-8-9-10-11-12-13-15-18(16,17)14-4-2/h14H,3-13,15H2,1-2H3. The molecule has 18 heavy (non-hydrogen) atoms. The van der Waals surface area contributed by atoms with E-state index in [9.17, 15) is 8.42 Å². The minimum Gasteiger partial charge on any atom is -0.229 e. The predicted molar refractivity (Wildman–Crippen MR) is 80.2 cm³/mol. The van der Waals surface area contributed by atoms with Gasteiger partial charge in [0.05, 0.1) is 11.5 Å². The molecule has 0 aliphatic heterocycles. The Morgan fingerprint density at radius 2 is 1.17 bits per heavy atom. The van der Waals surface area contributed by atoms with Gasteiger partial charge in [-0.05, 0) is 12.8 Å². The van der Waals surface area contributed by atoms with Crippen molar-refractivity contribution in [2.24, 2.45) is 0 Å². The molecule has 0 saturated heterocycles. The molecule has 0 spiro atoms. The van der Waals surface area contributed by atoms with Gasteiger partial charge in [0.25, 0.3) is 0 Å². The lowest BCUT2D eigenvalue weighted by atomic mass is 10.1. The average molecular weight is 275 g/mol. The van der Waals surface area contributed by atoms with E-state index in [1.807, 2.05) is 6.92 Å². The molecule has 0 N–H and O–H groups in total. The van der Waals surface area contributed by atoms with E-state index in [-0.39, 0.29) is 0 Å². The monoisotopic (exact) mass is 275 g/mol. The topological polar surface area (TPSA) is 34.1 Å². The highest BCUT2D eigenvalue weighted by Crippen LogP contribution is 2.11. The van der Waals surface area contributed by atoms with E-state index in [4.69, 9.17) is 0 Å². The van der Waals surface area contributed by atoms with Crippen LogP contribution in [0.25, 0.3) is 0 Å². The van der Waals surface area contributed by atoms with Crippen LogP contribution in [0.1, 0.15) is 84.5 Å². The number of sulfone groups is 1. The third-order valence-corrected chi connectivity index (χ3v) is 4.90. The van der Waals surface area contributed by atoms with Gasteiger partial charge in [-0.3, -0.25) is 0 Å². The van der Waals surface area contributed by atoms with Crippen molar-refractivity contribution in [3.8, 4) is 0 Å². The molecular weight excluding hydrogens is 244 g/mol. The Labute approximate surface area is 114 Å². The van der Waals surface area contributed by atoms with Gasteiger partial charge in [0.2, 0.25) is 0 Å². The lowest BCUT2D eigenvalue weighted by Crippen LogP contribution is -2.05. The largest absolute Gasteiger partial charge is 0.229 e. The average Bonchev–Trinajstić information content (AvgIpc) is 2.31. The fourth-order valence-corrected chi connectivity index (χ4v) is 3.41. The van der Waals surface area contributed by atoms with E-state index in [0.717, 1.165) is 12.8 Å². The third kappa shape index (κ3) is 12.4. The van der Waals surface area contributed by atoms with E-state index in [1.165, 1.54) is 57.1 Å². The molecule has 0 aromatic carbocycles. The molecular formula is C15H31O2S. The van der Waals surface area contributed by atoms with Crippen molar-refractivity contribution in [2.45, 2.75) is 84.5 Å².